The summed E-state index contributed by atoms with van der Waals surface area (Å²) in [6.07, 6.45) is 0. The lowest BCUT2D eigenvalue weighted by Gasteiger charge is -2.12. The van der Waals surface area contributed by atoms with Gasteiger partial charge in [0.15, 0.2) is 0 Å². The molecule has 1 aromatic carbocycles. The van der Waals surface area contributed by atoms with E-state index in [0.29, 0.717) is 36.0 Å². The first-order valence-electron chi connectivity index (χ1n) is 7.01. The third-order valence-corrected chi connectivity index (χ3v) is 2.71. The number of amides is 1. The standard InChI is InChI=1S/C15H23N3O3/c1-4-21-15(20)11-5-6-13(12(16)7-11)17-9-14(19)18-8-10(2)3/h5-7,10,17H,4,8-9,16H2,1-3H3,(H,18,19). The van der Waals surface area contributed by atoms with Crippen LogP contribution in [0.3, 0.4) is 0 Å². The van der Waals surface area contributed by atoms with E-state index in [9.17, 15) is 9.59 Å². The summed E-state index contributed by atoms with van der Waals surface area (Å²) in [6.45, 7) is 6.88. The first-order chi connectivity index (χ1) is 9.93. The molecule has 0 aliphatic carbocycles. The molecule has 0 heterocycles. The van der Waals surface area contributed by atoms with Gasteiger partial charge in [-0.15, -0.1) is 0 Å². The fourth-order valence-electron chi connectivity index (χ4n) is 1.62. The molecule has 0 spiro atoms. The molecule has 0 aliphatic heterocycles. The summed E-state index contributed by atoms with van der Waals surface area (Å²) in [5.74, 6) is -0.106. The molecular formula is C15H23N3O3. The molecule has 6 heteroatoms. The number of esters is 1. The van der Waals surface area contributed by atoms with Gasteiger partial charge in [0.1, 0.15) is 0 Å². The minimum Gasteiger partial charge on any atom is -0.462 e. The Kier molecular flexibility index (Phi) is 6.52. The Labute approximate surface area is 125 Å². The highest BCUT2D eigenvalue weighted by atomic mass is 16.5. The summed E-state index contributed by atoms with van der Waals surface area (Å²) >= 11 is 0. The van der Waals surface area contributed by atoms with Gasteiger partial charge in [-0.2, -0.15) is 0 Å². The van der Waals surface area contributed by atoms with Crippen molar-refractivity contribution in [1.82, 2.24) is 5.32 Å². The van der Waals surface area contributed by atoms with E-state index in [2.05, 4.69) is 10.6 Å². The smallest absolute Gasteiger partial charge is 0.338 e. The van der Waals surface area contributed by atoms with Crippen LogP contribution in [-0.4, -0.2) is 31.6 Å². The van der Waals surface area contributed by atoms with Gasteiger partial charge in [0.25, 0.3) is 0 Å². The second kappa shape index (κ2) is 8.14. The maximum absolute atomic E-state index is 11.6. The van der Waals surface area contributed by atoms with Crippen molar-refractivity contribution in [1.29, 1.82) is 0 Å². The number of benzene rings is 1. The Balaban J connectivity index is 2.57. The van der Waals surface area contributed by atoms with E-state index < -0.39 is 5.97 Å². The van der Waals surface area contributed by atoms with E-state index in [1.807, 2.05) is 13.8 Å². The average Bonchev–Trinajstić information content (AvgIpc) is 2.44. The molecule has 0 radical (unpaired) electrons. The van der Waals surface area contributed by atoms with Gasteiger partial charge in [0, 0.05) is 6.54 Å². The molecule has 0 aromatic heterocycles. The quantitative estimate of drug-likeness (QED) is 0.525. The molecule has 0 aliphatic rings. The van der Waals surface area contributed by atoms with Crippen molar-refractivity contribution in [3.8, 4) is 0 Å². The predicted octanol–water partition coefficient (Wildman–Crippen LogP) is 1.63. The van der Waals surface area contributed by atoms with Gasteiger partial charge in [0.05, 0.1) is 30.1 Å². The Morgan fingerprint density at radius 1 is 1.33 bits per heavy atom. The molecule has 0 bridgehead atoms. The van der Waals surface area contributed by atoms with Crippen LogP contribution >= 0.6 is 0 Å². The van der Waals surface area contributed by atoms with Gasteiger partial charge in [-0.25, -0.2) is 4.79 Å². The van der Waals surface area contributed by atoms with E-state index in [1.165, 1.54) is 6.07 Å². The summed E-state index contributed by atoms with van der Waals surface area (Å²) in [7, 11) is 0. The number of anilines is 2. The molecule has 4 N–H and O–H groups in total. The first kappa shape index (κ1) is 16.8. The van der Waals surface area contributed by atoms with E-state index in [4.69, 9.17) is 10.5 Å². The minimum atomic E-state index is -0.412. The molecular weight excluding hydrogens is 270 g/mol. The molecule has 6 nitrogen and oxygen atoms in total. The first-order valence-corrected chi connectivity index (χ1v) is 7.01. The van der Waals surface area contributed by atoms with Crippen LogP contribution in [-0.2, 0) is 9.53 Å². The summed E-state index contributed by atoms with van der Waals surface area (Å²) in [4.78, 5) is 23.2. The van der Waals surface area contributed by atoms with Crippen molar-refractivity contribution in [2.24, 2.45) is 5.92 Å². The van der Waals surface area contributed by atoms with E-state index in [0.717, 1.165) is 0 Å². The molecule has 0 saturated carbocycles. The van der Waals surface area contributed by atoms with Gasteiger partial charge >= 0.3 is 5.97 Å². The lowest BCUT2D eigenvalue weighted by molar-refractivity contribution is -0.119. The lowest BCUT2D eigenvalue weighted by Crippen LogP contribution is -2.32. The predicted molar refractivity (Wildman–Crippen MR) is 83.1 cm³/mol. The summed E-state index contributed by atoms with van der Waals surface area (Å²) < 4.78 is 4.90. The molecule has 1 amide bonds. The van der Waals surface area contributed by atoms with E-state index in [-0.39, 0.29) is 12.5 Å². The molecule has 0 unspecified atom stereocenters. The zero-order chi connectivity index (χ0) is 15.8. The number of nitrogens with two attached hydrogens (primary N) is 1. The molecule has 0 saturated heterocycles. The number of hydrogen-bond donors (Lipinski definition) is 3. The van der Waals surface area contributed by atoms with Crippen molar-refractivity contribution in [2.45, 2.75) is 20.8 Å². The van der Waals surface area contributed by atoms with Crippen molar-refractivity contribution in [3.63, 3.8) is 0 Å². The van der Waals surface area contributed by atoms with Crippen LogP contribution < -0.4 is 16.4 Å². The number of ether oxygens (including phenoxy) is 1. The average molecular weight is 293 g/mol. The van der Waals surface area contributed by atoms with Crippen molar-refractivity contribution in [2.75, 3.05) is 30.7 Å². The zero-order valence-electron chi connectivity index (χ0n) is 12.7. The van der Waals surface area contributed by atoms with Crippen molar-refractivity contribution >= 4 is 23.3 Å². The van der Waals surface area contributed by atoms with Gasteiger partial charge in [0.2, 0.25) is 5.91 Å². The van der Waals surface area contributed by atoms with Crippen LogP contribution in [0.25, 0.3) is 0 Å². The third kappa shape index (κ3) is 5.72. The maximum Gasteiger partial charge on any atom is 0.338 e. The fraction of sp³-hybridized carbons (Fsp3) is 0.467. The van der Waals surface area contributed by atoms with Crippen LogP contribution in [0, 0.1) is 5.92 Å². The third-order valence-electron chi connectivity index (χ3n) is 2.71. The van der Waals surface area contributed by atoms with Crippen LogP contribution in [0.15, 0.2) is 18.2 Å². The van der Waals surface area contributed by atoms with Crippen molar-refractivity contribution in [3.05, 3.63) is 23.8 Å². The van der Waals surface area contributed by atoms with Gasteiger partial charge < -0.3 is 21.1 Å². The Hall–Kier alpha value is -2.24. The SMILES string of the molecule is CCOC(=O)c1ccc(NCC(=O)NCC(C)C)c(N)c1. The molecule has 0 atom stereocenters. The number of carbonyl (C=O) groups excluding carboxylic acids is 2. The van der Waals surface area contributed by atoms with Crippen LogP contribution in [0.1, 0.15) is 31.1 Å². The second-order valence-corrected chi connectivity index (χ2v) is 5.07. The second-order valence-electron chi connectivity index (χ2n) is 5.07. The monoisotopic (exact) mass is 293 g/mol. The molecule has 0 fully saturated rings. The minimum absolute atomic E-state index is 0.0995. The largest absolute Gasteiger partial charge is 0.462 e. The number of hydrogen-bond acceptors (Lipinski definition) is 5. The Bertz CT molecular complexity index is 501. The van der Waals surface area contributed by atoms with Crippen LogP contribution in [0.2, 0.25) is 0 Å². The number of rotatable bonds is 7. The number of nitrogens with one attached hydrogen (secondary N) is 2. The normalized spacial score (nSPS) is 10.3. The topological polar surface area (TPSA) is 93.4 Å². The zero-order valence-corrected chi connectivity index (χ0v) is 12.7. The lowest BCUT2D eigenvalue weighted by atomic mass is 10.1. The van der Waals surface area contributed by atoms with Crippen LogP contribution in [0.5, 0.6) is 0 Å². The summed E-state index contributed by atoms with van der Waals surface area (Å²) in [5.41, 5.74) is 7.27. The Morgan fingerprint density at radius 3 is 2.62 bits per heavy atom. The highest BCUT2D eigenvalue weighted by molar-refractivity contribution is 5.92. The summed E-state index contributed by atoms with van der Waals surface area (Å²) in [5, 5.41) is 5.75. The molecule has 21 heavy (non-hydrogen) atoms. The highest BCUT2D eigenvalue weighted by Crippen LogP contribution is 2.20. The molecule has 1 aromatic rings. The van der Waals surface area contributed by atoms with E-state index >= 15 is 0 Å². The maximum atomic E-state index is 11.6. The molecule has 1 rings (SSSR count). The number of nitrogen functional groups attached to an aromatic ring is 1. The van der Waals surface area contributed by atoms with Gasteiger partial charge in [-0.05, 0) is 31.0 Å². The molecule has 116 valence electrons. The van der Waals surface area contributed by atoms with Gasteiger partial charge in [-0.1, -0.05) is 13.8 Å². The van der Waals surface area contributed by atoms with E-state index in [1.54, 1.807) is 19.1 Å². The summed E-state index contributed by atoms with van der Waals surface area (Å²) in [6, 6.07) is 4.81. The van der Waals surface area contributed by atoms with Gasteiger partial charge in [-0.3, -0.25) is 4.79 Å². The van der Waals surface area contributed by atoms with Crippen LogP contribution in [0.4, 0.5) is 11.4 Å². The highest BCUT2D eigenvalue weighted by Gasteiger charge is 2.09. The van der Waals surface area contributed by atoms with Crippen molar-refractivity contribution < 1.29 is 14.3 Å². The Morgan fingerprint density at radius 2 is 2.05 bits per heavy atom. The number of carbonyl (C=O) groups is 2. The fourth-order valence-corrected chi connectivity index (χ4v) is 1.62.